The summed E-state index contributed by atoms with van der Waals surface area (Å²) in [5.74, 6) is 0.864. The lowest BCUT2D eigenvalue weighted by molar-refractivity contribution is 0.210. The molecule has 1 unspecified atom stereocenters. The summed E-state index contributed by atoms with van der Waals surface area (Å²) in [6, 6.07) is 6.41. The van der Waals surface area contributed by atoms with E-state index in [1.54, 1.807) is 0 Å². The Morgan fingerprint density at radius 2 is 2.08 bits per heavy atom. The standard InChI is InChI=1S/C19H29N3O2/c1-3-12-24-17-6-7-18(15(2)13-17)20-19(23)22-11-8-16(14-22)21-9-4-5-10-21/h6-7,13,16H,3-5,8-12,14H2,1-2H3,(H,20,23). The summed E-state index contributed by atoms with van der Waals surface area (Å²) in [7, 11) is 0. The summed E-state index contributed by atoms with van der Waals surface area (Å²) < 4.78 is 5.64. The summed E-state index contributed by atoms with van der Waals surface area (Å²) in [4.78, 5) is 17.0. The van der Waals surface area contributed by atoms with Crippen LogP contribution in [-0.4, -0.2) is 54.7 Å². The van der Waals surface area contributed by atoms with Gasteiger partial charge < -0.3 is 15.0 Å². The Labute approximate surface area is 145 Å². The first-order valence-corrected chi connectivity index (χ1v) is 9.21. The number of aryl methyl sites for hydroxylation is 1. The van der Waals surface area contributed by atoms with Crippen molar-refractivity contribution in [3.63, 3.8) is 0 Å². The number of hydrogen-bond acceptors (Lipinski definition) is 3. The molecule has 5 heteroatoms. The third-order valence-corrected chi connectivity index (χ3v) is 5.02. The fourth-order valence-electron chi connectivity index (χ4n) is 3.61. The van der Waals surface area contributed by atoms with Crippen LogP contribution in [0.4, 0.5) is 10.5 Å². The van der Waals surface area contributed by atoms with E-state index in [1.807, 2.05) is 30.0 Å². The maximum atomic E-state index is 12.5. The van der Waals surface area contributed by atoms with Gasteiger partial charge in [0.25, 0.3) is 0 Å². The molecule has 2 saturated heterocycles. The zero-order valence-corrected chi connectivity index (χ0v) is 14.9. The molecule has 2 heterocycles. The highest BCUT2D eigenvalue weighted by Crippen LogP contribution is 2.24. The van der Waals surface area contributed by atoms with Gasteiger partial charge >= 0.3 is 6.03 Å². The van der Waals surface area contributed by atoms with E-state index in [2.05, 4.69) is 17.1 Å². The molecule has 0 bridgehead atoms. The zero-order chi connectivity index (χ0) is 16.9. The van der Waals surface area contributed by atoms with Gasteiger partial charge in [-0.05, 0) is 69.5 Å². The number of urea groups is 1. The van der Waals surface area contributed by atoms with Gasteiger partial charge in [-0.25, -0.2) is 4.79 Å². The van der Waals surface area contributed by atoms with Crippen LogP contribution in [0, 0.1) is 6.92 Å². The Morgan fingerprint density at radius 3 is 2.79 bits per heavy atom. The van der Waals surface area contributed by atoms with Crippen LogP contribution in [0.1, 0.15) is 38.2 Å². The third-order valence-electron chi connectivity index (χ3n) is 5.02. The molecule has 0 spiro atoms. The number of amides is 2. The van der Waals surface area contributed by atoms with Crippen LogP contribution in [0.25, 0.3) is 0 Å². The normalized spacial score (nSPS) is 21.2. The quantitative estimate of drug-likeness (QED) is 0.898. The predicted octanol–water partition coefficient (Wildman–Crippen LogP) is 3.49. The van der Waals surface area contributed by atoms with Gasteiger partial charge in [0.05, 0.1) is 6.61 Å². The van der Waals surface area contributed by atoms with Gasteiger partial charge in [-0.15, -0.1) is 0 Å². The summed E-state index contributed by atoms with van der Waals surface area (Å²) in [6.45, 7) is 8.90. The molecule has 0 saturated carbocycles. The molecule has 5 nitrogen and oxygen atoms in total. The number of nitrogens with one attached hydrogen (secondary N) is 1. The van der Waals surface area contributed by atoms with Crippen molar-refractivity contribution in [3.8, 4) is 5.75 Å². The molecule has 1 aromatic carbocycles. The fraction of sp³-hybridized carbons (Fsp3) is 0.632. The Bertz CT molecular complexity index is 570. The first-order valence-electron chi connectivity index (χ1n) is 9.21. The van der Waals surface area contributed by atoms with Crippen molar-refractivity contribution in [1.82, 2.24) is 9.80 Å². The minimum atomic E-state index is 0.0158. The van der Waals surface area contributed by atoms with E-state index in [9.17, 15) is 4.79 Å². The highest BCUT2D eigenvalue weighted by atomic mass is 16.5. The molecular weight excluding hydrogens is 302 g/mol. The highest BCUT2D eigenvalue weighted by molar-refractivity contribution is 5.90. The summed E-state index contributed by atoms with van der Waals surface area (Å²) >= 11 is 0. The molecule has 0 radical (unpaired) electrons. The molecule has 1 atom stereocenters. The average Bonchev–Trinajstić information content (AvgIpc) is 3.26. The van der Waals surface area contributed by atoms with Crippen molar-refractivity contribution in [3.05, 3.63) is 23.8 Å². The first-order chi connectivity index (χ1) is 11.7. The highest BCUT2D eigenvalue weighted by Gasteiger charge is 2.31. The molecule has 1 N–H and O–H groups in total. The second-order valence-corrected chi connectivity index (χ2v) is 6.89. The number of anilines is 1. The Hall–Kier alpha value is -1.75. The smallest absolute Gasteiger partial charge is 0.321 e. The van der Waals surface area contributed by atoms with Crippen molar-refractivity contribution < 1.29 is 9.53 Å². The van der Waals surface area contributed by atoms with Gasteiger partial charge in [0.15, 0.2) is 0 Å². The lowest BCUT2D eigenvalue weighted by atomic mass is 10.2. The number of ether oxygens (including phenoxy) is 1. The zero-order valence-electron chi connectivity index (χ0n) is 14.9. The van der Waals surface area contributed by atoms with Crippen molar-refractivity contribution in [1.29, 1.82) is 0 Å². The number of carbonyl (C=O) groups excluding carboxylic acids is 1. The molecule has 2 aliphatic rings. The van der Waals surface area contributed by atoms with Crippen LogP contribution in [-0.2, 0) is 0 Å². The van der Waals surface area contributed by atoms with E-state index in [1.165, 1.54) is 25.9 Å². The number of nitrogens with zero attached hydrogens (tertiary/aromatic N) is 2. The average molecular weight is 331 g/mol. The van der Waals surface area contributed by atoms with Crippen molar-refractivity contribution in [2.24, 2.45) is 0 Å². The van der Waals surface area contributed by atoms with Gasteiger partial charge in [-0.1, -0.05) is 6.92 Å². The van der Waals surface area contributed by atoms with Crippen LogP contribution in [0.2, 0.25) is 0 Å². The molecule has 1 aromatic rings. The largest absolute Gasteiger partial charge is 0.494 e. The maximum Gasteiger partial charge on any atom is 0.321 e. The van der Waals surface area contributed by atoms with Gasteiger partial charge in [0.1, 0.15) is 5.75 Å². The first kappa shape index (κ1) is 17.1. The van der Waals surface area contributed by atoms with Crippen LogP contribution < -0.4 is 10.1 Å². The SMILES string of the molecule is CCCOc1ccc(NC(=O)N2CCC(N3CCCC3)C2)c(C)c1. The van der Waals surface area contributed by atoms with E-state index in [0.717, 1.165) is 49.5 Å². The Morgan fingerprint density at radius 1 is 1.29 bits per heavy atom. The molecule has 132 valence electrons. The predicted molar refractivity (Wildman–Crippen MR) is 96.8 cm³/mol. The second-order valence-electron chi connectivity index (χ2n) is 6.89. The molecule has 3 rings (SSSR count). The minimum Gasteiger partial charge on any atom is -0.494 e. The fourth-order valence-corrected chi connectivity index (χ4v) is 3.61. The summed E-state index contributed by atoms with van der Waals surface area (Å²) in [5, 5.41) is 3.06. The molecule has 2 fully saturated rings. The molecule has 2 amide bonds. The summed E-state index contributed by atoms with van der Waals surface area (Å²) in [6.07, 6.45) is 4.68. The lowest BCUT2D eigenvalue weighted by Gasteiger charge is -2.24. The number of benzene rings is 1. The number of rotatable bonds is 5. The molecule has 0 aliphatic carbocycles. The molecule has 24 heavy (non-hydrogen) atoms. The number of likely N-dealkylation sites (tertiary alicyclic amines) is 2. The topological polar surface area (TPSA) is 44.8 Å². The molecule has 2 aliphatic heterocycles. The lowest BCUT2D eigenvalue weighted by Crippen LogP contribution is -2.38. The monoisotopic (exact) mass is 331 g/mol. The van der Waals surface area contributed by atoms with Crippen molar-refractivity contribution >= 4 is 11.7 Å². The Balaban J connectivity index is 1.55. The number of hydrogen-bond donors (Lipinski definition) is 1. The van der Waals surface area contributed by atoms with E-state index in [0.29, 0.717) is 6.04 Å². The molecule has 0 aromatic heterocycles. The van der Waals surface area contributed by atoms with E-state index < -0.39 is 0 Å². The van der Waals surface area contributed by atoms with Crippen LogP contribution in [0.3, 0.4) is 0 Å². The van der Waals surface area contributed by atoms with Crippen molar-refractivity contribution in [2.75, 3.05) is 38.1 Å². The third kappa shape index (κ3) is 4.01. The van der Waals surface area contributed by atoms with Crippen LogP contribution >= 0.6 is 0 Å². The van der Waals surface area contributed by atoms with E-state index >= 15 is 0 Å². The van der Waals surface area contributed by atoms with E-state index in [4.69, 9.17) is 4.74 Å². The Kier molecular flexibility index (Phi) is 5.61. The molecular formula is C19H29N3O2. The van der Waals surface area contributed by atoms with Crippen LogP contribution in [0.5, 0.6) is 5.75 Å². The van der Waals surface area contributed by atoms with Gasteiger partial charge in [0.2, 0.25) is 0 Å². The minimum absolute atomic E-state index is 0.0158. The van der Waals surface area contributed by atoms with Crippen molar-refractivity contribution in [2.45, 2.75) is 45.6 Å². The summed E-state index contributed by atoms with van der Waals surface area (Å²) in [5.41, 5.74) is 1.90. The maximum absolute atomic E-state index is 12.5. The van der Waals surface area contributed by atoms with Gasteiger partial charge in [-0.2, -0.15) is 0 Å². The van der Waals surface area contributed by atoms with E-state index in [-0.39, 0.29) is 6.03 Å². The number of carbonyl (C=O) groups is 1. The van der Waals surface area contributed by atoms with Gasteiger partial charge in [0, 0.05) is 24.8 Å². The van der Waals surface area contributed by atoms with Crippen LogP contribution in [0.15, 0.2) is 18.2 Å². The van der Waals surface area contributed by atoms with Gasteiger partial charge in [-0.3, -0.25) is 4.90 Å². The second kappa shape index (κ2) is 7.88.